The van der Waals surface area contributed by atoms with Crippen LogP contribution in [0.5, 0.6) is 0 Å². The van der Waals surface area contributed by atoms with Crippen molar-refractivity contribution in [2.75, 3.05) is 49.8 Å². The van der Waals surface area contributed by atoms with Gasteiger partial charge in [0.15, 0.2) is 0 Å². The number of thioether (sulfide) groups is 1. The molecule has 20 N–H and O–H groups in total. The predicted molar refractivity (Wildman–Crippen MR) is 365 cm³/mol. The zero-order valence-electron chi connectivity index (χ0n) is 54.9. The smallest absolute Gasteiger partial charge is 0.326 e. The van der Waals surface area contributed by atoms with Crippen LogP contribution in [0.1, 0.15) is 77.3 Å². The van der Waals surface area contributed by atoms with Gasteiger partial charge in [0.2, 0.25) is 76.8 Å². The van der Waals surface area contributed by atoms with E-state index in [2.05, 4.69) is 88.7 Å². The van der Waals surface area contributed by atoms with Crippen LogP contribution in [0.3, 0.4) is 0 Å². The van der Waals surface area contributed by atoms with Gasteiger partial charge in [0, 0.05) is 54.4 Å². The number of aliphatic carboxylic acids is 1. The maximum Gasteiger partial charge on any atom is 0.326 e. The zero-order chi connectivity index (χ0) is 72.9. The van der Waals surface area contributed by atoms with Gasteiger partial charge < -0.3 is 100 Å². The molecule has 4 rings (SSSR count). The van der Waals surface area contributed by atoms with Crippen LogP contribution in [0.2, 0.25) is 0 Å². The lowest BCUT2D eigenvalue weighted by Gasteiger charge is -2.30. The van der Waals surface area contributed by atoms with E-state index in [1.54, 1.807) is 80.9 Å². The van der Waals surface area contributed by atoms with Gasteiger partial charge in [-0.15, -0.1) is 0 Å². The number of rotatable bonds is 41. The third-order valence-electron chi connectivity index (χ3n) is 15.6. The minimum atomic E-state index is -1.83. The van der Waals surface area contributed by atoms with E-state index < -0.39 is 187 Å². The molecule has 0 unspecified atom stereocenters. The monoisotopic (exact) mass is 1430 g/mol. The Kier molecular flexibility index (Phi) is 34.3. The molecule has 0 bridgehead atoms. The summed E-state index contributed by atoms with van der Waals surface area (Å²) >= 11 is 9.69. The first-order valence-electron chi connectivity index (χ1n) is 31.5. The molecular formula is C62H91N15O18S3. The van der Waals surface area contributed by atoms with Gasteiger partial charge in [-0.3, -0.25) is 62.3 Å². The summed E-state index contributed by atoms with van der Waals surface area (Å²) in [6.45, 7) is 3.20. The molecule has 0 spiro atoms. The number of para-hydroxylation sites is 1. The fraction of sp³-hybridized carbons (Fsp3) is 0.548. The van der Waals surface area contributed by atoms with Gasteiger partial charge in [-0.1, -0.05) is 62.4 Å². The van der Waals surface area contributed by atoms with Gasteiger partial charge in [0.25, 0.3) is 0 Å². The number of aromatic amines is 1. The fourth-order valence-corrected chi connectivity index (χ4v) is 11.2. The fourth-order valence-electron chi connectivity index (χ4n) is 10.2. The number of amides is 13. The molecule has 0 saturated carbocycles. The minimum absolute atomic E-state index is 0.00593. The summed E-state index contributed by atoms with van der Waals surface area (Å²) in [6, 6.07) is -1.48. The van der Waals surface area contributed by atoms with E-state index in [0.717, 1.165) is 17.8 Å². The molecule has 1 aliphatic heterocycles. The lowest BCUT2D eigenvalue weighted by molar-refractivity contribution is -0.142. The highest BCUT2D eigenvalue weighted by atomic mass is 32.2. The molecule has 1 fully saturated rings. The Hall–Kier alpha value is -8.55. The maximum absolute atomic E-state index is 14.2. The van der Waals surface area contributed by atoms with Crippen LogP contribution in [0, 0.1) is 5.92 Å². The van der Waals surface area contributed by atoms with Crippen LogP contribution in [0.25, 0.3) is 10.9 Å². The van der Waals surface area contributed by atoms with Gasteiger partial charge in [-0.25, -0.2) is 4.79 Å². The first-order chi connectivity index (χ1) is 46.5. The number of aliphatic hydroxyl groups is 3. The normalized spacial score (nSPS) is 16.4. The van der Waals surface area contributed by atoms with Crippen molar-refractivity contribution < 1.29 is 87.5 Å². The number of nitrogens with zero attached hydrogens (tertiary/aromatic N) is 1. The first kappa shape index (κ1) is 81.9. The second-order valence-electron chi connectivity index (χ2n) is 23.8. The SMILES string of the molecule is CSCC[C@H](NC(=O)[C@@H]1CCCN1C(=O)[C@H](CS)NC(=O)[C@H](C)NC(=O)[C@H](CC(C)C)NC(=O)[C@H](Cc1ccccc1)NC(=O)[C@@H](N)CCC(N)=O)C(=O)N[C@H](C(=O)N[C@@H](CO)C(=O)N[C@@H](CS)C(=O)NCC(=O)N[C@@H](CO)C(=O)N[C@@H](Cc1c[nH]c2ccccc12)C(=O)O)[C@@H](C)O. The molecule has 98 heavy (non-hydrogen) atoms. The molecule has 3 aromatic rings. The number of fused-ring (bicyclic) bond motifs is 1. The highest BCUT2D eigenvalue weighted by Gasteiger charge is 2.41. The summed E-state index contributed by atoms with van der Waals surface area (Å²) < 4.78 is 0. The van der Waals surface area contributed by atoms with Crippen molar-refractivity contribution in [3.8, 4) is 0 Å². The van der Waals surface area contributed by atoms with Crippen molar-refractivity contribution in [1.29, 1.82) is 0 Å². The average Bonchev–Trinajstić information content (AvgIpc) is 1.58. The van der Waals surface area contributed by atoms with Crippen LogP contribution >= 0.6 is 37.0 Å². The van der Waals surface area contributed by atoms with E-state index in [0.29, 0.717) is 17.5 Å². The Balaban J connectivity index is 1.34. The lowest BCUT2D eigenvalue weighted by Crippen LogP contribution is -2.62. The van der Waals surface area contributed by atoms with Crippen molar-refractivity contribution in [3.63, 3.8) is 0 Å². The lowest BCUT2D eigenvalue weighted by atomic mass is 10.0. The standard InChI is InChI=1S/C62H91N15O18S3/c1-31(2)22-40(71-56(88)41(23-34-12-7-6-8-13-34)70-52(84)37(63)17-18-48(64)81)55(87)67-32(3)51(83)75-46(30-97)61(93)77-20-11-16-47(77)59(91)69-39(19-21-98-5)54(86)76-50(33(4)80)60(92)73-44(28-79)58(90)74-45(29-96)53(85)66-26-49(82)68-43(27-78)57(89)72-42(62(94)95)24-35-25-65-38-15-10-9-14-36(35)38/h6-10,12-15,25,31-33,37,39-47,50,65,78-80,96-97H,11,16-24,26-30,63H2,1-5H3,(H2,64,81)(H,66,85)(H,67,87)(H,68,82)(H,69,91)(H,70,84)(H,71,88)(H,72,89)(H,73,92)(H,74,90)(H,75,83)(H,76,86)(H,94,95)/t32-,33+,37-,39-,40-,41-,42-,43-,44-,45-,46-,47-,50-/m0/s1. The van der Waals surface area contributed by atoms with Crippen molar-refractivity contribution in [1.82, 2.24) is 68.4 Å². The highest BCUT2D eigenvalue weighted by Crippen LogP contribution is 2.22. The number of carboxylic acid groups (broad SMARTS) is 1. The number of aliphatic hydroxyl groups excluding tert-OH is 3. The summed E-state index contributed by atoms with van der Waals surface area (Å²) in [5, 5.41) is 68.0. The molecule has 2 heterocycles. The second kappa shape index (κ2) is 41.0. The Morgan fingerprint density at radius 2 is 1.18 bits per heavy atom. The van der Waals surface area contributed by atoms with Gasteiger partial charge >= 0.3 is 5.97 Å². The minimum Gasteiger partial charge on any atom is -0.480 e. The third-order valence-corrected chi connectivity index (χ3v) is 17.0. The number of benzene rings is 2. The molecule has 13 amide bonds. The summed E-state index contributed by atoms with van der Waals surface area (Å²) in [7, 11) is 0. The Morgan fingerprint density at radius 3 is 1.79 bits per heavy atom. The average molecular weight is 1430 g/mol. The van der Waals surface area contributed by atoms with E-state index in [9.17, 15) is 87.5 Å². The number of primary amides is 1. The molecule has 33 nitrogen and oxygen atoms in total. The van der Waals surface area contributed by atoms with Crippen LogP contribution in [0.4, 0.5) is 0 Å². The number of H-pyrrole nitrogens is 1. The summed E-state index contributed by atoms with van der Waals surface area (Å²) in [6.07, 6.45) is 1.68. The Labute approximate surface area is 580 Å². The number of carbonyl (C=O) groups excluding carboxylic acids is 13. The van der Waals surface area contributed by atoms with Crippen LogP contribution in [0.15, 0.2) is 60.8 Å². The number of aromatic nitrogens is 1. The number of likely N-dealkylation sites (tertiary alicyclic amines) is 1. The molecule has 36 heteroatoms. The molecule has 2 aromatic carbocycles. The van der Waals surface area contributed by atoms with Crippen molar-refractivity contribution >= 4 is 131 Å². The number of nitrogens with one attached hydrogen (secondary N) is 12. The molecule has 13 atom stereocenters. The van der Waals surface area contributed by atoms with Crippen molar-refractivity contribution in [2.24, 2.45) is 17.4 Å². The number of carboxylic acids is 1. The highest BCUT2D eigenvalue weighted by molar-refractivity contribution is 7.98. The van der Waals surface area contributed by atoms with Gasteiger partial charge in [0.1, 0.15) is 66.5 Å². The van der Waals surface area contributed by atoms with Gasteiger partial charge in [-0.05, 0) is 81.1 Å². The zero-order valence-corrected chi connectivity index (χ0v) is 57.5. The van der Waals surface area contributed by atoms with Crippen molar-refractivity contribution in [2.45, 2.75) is 158 Å². The van der Waals surface area contributed by atoms with Crippen LogP contribution in [-0.4, -0.2) is 241 Å². The molecule has 1 saturated heterocycles. The maximum atomic E-state index is 14.2. The first-order valence-corrected chi connectivity index (χ1v) is 34.2. The van der Waals surface area contributed by atoms with E-state index in [1.807, 2.05) is 0 Å². The predicted octanol–water partition coefficient (Wildman–Crippen LogP) is -5.37. The molecule has 1 aromatic heterocycles. The van der Waals surface area contributed by atoms with Gasteiger partial charge in [-0.2, -0.15) is 37.0 Å². The van der Waals surface area contributed by atoms with E-state index in [-0.39, 0.29) is 68.9 Å². The van der Waals surface area contributed by atoms with Crippen LogP contribution < -0.4 is 70.0 Å². The van der Waals surface area contributed by atoms with Crippen molar-refractivity contribution in [3.05, 3.63) is 71.9 Å². The summed E-state index contributed by atoms with van der Waals surface area (Å²) in [5.74, 6) is -13.7. The topological polar surface area (TPSA) is 523 Å². The number of thiol groups is 2. The van der Waals surface area contributed by atoms with E-state index >= 15 is 0 Å². The molecule has 0 radical (unpaired) electrons. The number of hydrogen-bond acceptors (Lipinski definition) is 21. The van der Waals surface area contributed by atoms with Gasteiger partial charge in [0.05, 0.1) is 31.9 Å². The summed E-state index contributed by atoms with van der Waals surface area (Å²) in [4.78, 5) is 191. The molecule has 1 aliphatic rings. The third kappa shape index (κ3) is 25.7. The largest absolute Gasteiger partial charge is 0.480 e. The molecule has 540 valence electrons. The number of hydrogen-bond donors (Lipinski definition) is 20. The molecular weight excluding hydrogens is 1340 g/mol. The second-order valence-corrected chi connectivity index (χ2v) is 25.5. The Bertz CT molecular complexity index is 3280. The number of nitrogens with two attached hydrogens (primary N) is 2. The van der Waals surface area contributed by atoms with E-state index in [1.165, 1.54) is 23.6 Å². The Morgan fingerprint density at radius 1 is 0.622 bits per heavy atom. The molecule has 0 aliphatic carbocycles. The van der Waals surface area contributed by atoms with E-state index in [4.69, 9.17) is 11.5 Å². The number of carbonyl (C=O) groups is 14. The van der Waals surface area contributed by atoms with Crippen LogP contribution in [-0.2, 0) is 80.0 Å². The summed E-state index contributed by atoms with van der Waals surface area (Å²) in [5.41, 5.74) is 13.2. The quantitative estimate of drug-likeness (QED) is 0.0236.